The summed E-state index contributed by atoms with van der Waals surface area (Å²) >= 11 is 4.54. The van der Waals surface area contributed by atoms with E-state index in [-0.39, 0.29) is 5.91 Å². The second-order valence-corrected chi connectivity index (χ2v) is 8.39. The molecule has 1 amide bonds. The molecule has 122 valence electrons. The number of carbonyl (C=O) groups is 1. The Morgan fingerprint density at radius 3 is 2.35 bits per heavy atom. The van der Waals surface area contributed by atoms with Gasteiger partial charge in [-0.3, -0.25) is 4.79 Å². The third-order valence-corrected chi connectivity index (χ3v) is 6.22. The Bertz CT molecular complexity index is 667. The maximum absolute atomic E-state index is 12.0. The van der Waals surface area contributed by atoms with E-state index in [0.29, 0.717) is 5.75 Å². The molecule has 0 aliphatic heterocycles. The smallest absolute Gasteiger partial charge is 0.234 e. The fourth-order valence-electron chi connectivity index (χ4n) is 1.65. The summed E-state index contributed by atoms with van der Waals surface area (Å²) in [4.78, 5) is 12.0. The summed E-state index contributed by atoms with van der Waals surface area (Å²) in [6, 6.07) is 7.91. The van der Waals surface area contributed by atoms with Crippen LogP contribution >= 0.6 is 34.9 Å². The minimum absolute atomic E-state index is 0.0365. The summed E-state index contributed by atoms with van der Waals surface area (Å²) in [5.74, 6) is 1.13. The Morgan fingerprint density at radius 2 is 1.78 bits per heavy atom. The van der Waals surface area contributed by atoms with Crippen LogP contribution in [-0.4, -0.2) is 27.6 Å². The fraction of sp³-hybridized carbons (Fsp3) is 0.312. The first kappa shape index (κ1) is 18.0. The van der Waals surface area contributed by atoms with Crippen LogP contribution < -0.4 is 5.32 Å². The number of hydrogen-bond donors (Lipinski definition) is 1. The van der Waals surface area contributed by atoms with Gasteiger partial charge in [-0.15, -0.1) is 10.2 Å². The molecule has 1 aromatic heterocycles. The molecule has 0 saturated carbocycles. The van der Waals surface area contributed by atoms with Crippen LogP contribution in [-0.2, 0) is 11.2 Å². The lowest BCUT2D eigenvalue weighted by atomic mass is 10.1. The normalized spacial score (nSPS) is 10.5. The van der Waals surface area contributed by atoms with Gasteiger partial charge in [-0.25, -0.2) is 0 Å². The number of nitrogens with one attached hydrogen (secondary N) is 1. The standard InChI is InChI=1S/C16H19N3OS3/c1-4-12-5-7-13(8-6-12)17-14(20)10-22-16-19-18-15(23-16)21-9-11(2)3/h5-8H,2,4,9-10H2,1,3H3,(H,17,20). The molecule has 0 aliphatic rings. The molecule has 0 radical (unpaired) electrons. The topological polar surface area (TPSA) is 54.9 Å². The minimum Gasteiger partial charge on any atom is -0.325 e. The average molecular weight is 366 g/mol. The third kappa shape index (κ3) is 6.37. The number of anilines is 1. The predicted molar refractivity (Wildman–Crippen MR) is 101 cm³/mol. The van der Waals surface area contributed by atoms with Gasteiger partial charge >= 0.3 is 0 Å². The van der Waals surface area contributed by atoms with Crippen LogP contribution in [0.15, 0.2) is 45.1 Å². The second-order valence-electron chi connectivity index (χ2n) is 4.97. The Hall–Kier alpha value is -1.31. The maximum Gasteiger partial charge on any atom is 0.234 e. The predicted octanol–water partition coefficient (Wildman–Crippen LogP) is 4.50. The minimum atomic E-state index is -0.0365. The highest BCUT2D eigenvalue weighted by molar-refractivity contribution is 8.03. The molecule has 1 heterocycles. The number of benzene rings is 1. The highest BCUT2D eigenvalue weighted by Crippen LogP contribution is 2.29. The molecule has 7 heteroatoms. The van der Waals surface area contributed by atoms with Crippen molar-refractivity contribution in [2.24, 2.45) is 0 Å². The van der Waals surface area contributed by atoms with Gasteiger partial charge in [0, 0.05) is 11.4 Å². The van der Waals surface area contributed by atoms with Gasteiger partial charge in [-0.1, -0.05) is 66.1 Å². The summed E-state index contributed by atoms with van der Waals surface area (Å²) in [5.41, 5.74) is 3.18. The SMILES string of the molecule is C=C(C)CSc1nnc(SCC(=O)Nc2ccc(CC)cc2)s1. The molecule has 0 aliphatic carbocycles. The Labute approximate surface area is 149 Å². The van der Waals surface area contributed by atoms with Crippen molar-refractivity contribution in [2.45, 2.75) is 28.9 Å². The Balaban J connectivity index is 1.78. The summed E-state index contributed by atoms with van der Waals surface area (Å²) in [6.45, 7) is 7.96. The summed E-state index contributed by atoms with van der Waals surface area (Å²) in [6.07, 6.45) is 0.993. The fourth-order valence-corrected chi connectivity index (χ4v) is 4.31. The quantitative estimate of drug-likeness (QED) is 0.551. The van der Waals surface area contributed by atoms with Crippen molar-refractivity contribution < 1.29 is 4.79 Å². The first-order valence-electron chi connectivity index (χ1n) is 7.19. The number of hydrogen-bond acceptors (Lipinski definition) is 6. The number of carbonyl (C=O) groups excluding carboxylic acids is 1. The lowest BCUT2D eigenvalue weighted by Gasteiger charge is -2.04. The van der Waals surface area contributed by atoms with Gasteiger partial charge in [0.25, 0.3) is 0 Å². The molecule has 23 heavy (non-hydrogen) atoms. The molecule has 0 saturated heterocycles. The second kappa shape index (κ2) is 9.10. The van der Waals surface area contributed by atoms with Crippen LogP contribution in [0.25, 0.3) is 0 Å². The molecule has 0 atom stereocenters. The number of rotatable bonds is 8. The van der Waals surface area contributed by atoms with Crippen LogP contribution in [0.4, 0.5) is 5.69 Å². The molecule has 1 aromatic carbocycles. The van der Waals surface area contributed by atoms with Crippen molar-refractivity contribution in [3.05, 3.63) is 42.0 Å². The van der Waals surface area contributed by atoms with Gasteiger partial charge in [0.05, 0.1) is 5.75 Å². The molecule has 0 unspecified atom stereocenters. The first-order chi connectivity index (χ1) is 11.1. The number of aromatic nitrogens is 2. The van der Waals surface area contributed by atoms with Crippen LogP contribution in [0.5, 0.6) is 0 Å². The average Bonchev–Trinajstić information content (AvgIpc) is 3.00. The van der Waals surface area contributed by atoms with Gasteiger partial charge < -0.3 is 5.32 Å². The van der Waals surface area contributed by atoms with E-state index in [1.165, 1.54) is 28.7 Å². The lowest BCUT2D eigenvalue weighted by molar-refractivity contribution is -0.113. The first-order valence-corrected chi connectivity index (χ1v) is 9.98. The summed E-state index contributed by atoms with van der Waals surface area (Å²) < 4.78 is 1.72. The zero-order chi connectivity index (χ0) is 16.7. The van der Waals surface area contributed by atoms with Crippen molar-refractivity contribution in [3.8, 4) is 0 Å². The van der Waals surface area contributed by atoms with Crippen LogP contribution in [0.2, 0.25) is 0 Å². The monoisotopic (exact) mass is 365 g/mol. The lowest BCUT2D eigenvalue weighted by Crippen LogP contribution is -2.13. The van der Waals surface area contributed by atoms with Crippen molar-refractivity contribution in [1.82, 2.24) is 10.2 Å². The van der Waals surface area contributed by atoms with Gasteiger partial charge in [-0.05, 0) is 31.0 Å². The van der Waals surface area contributed by atoms with E-state index in [0.717, 1.165) is 32.1 Å². The van der Waals surface area contributed by atoms with Crippen molar-refractivity contribution in [1.29, 1.82) is 0 Å². The zero-order valence-corrected chi connectivity index (χ0v) is 15.6. The van der Waals surface area contributed by atoms with Crippen LogP contribution in [0.3, 0.4) is 0 Å². The van der Waals surface area contributed by atoms with E-state index >= 15 is 0 Å². The van der Waals surface area contributed by atoms with E-state index < -0.39 is 0 Å². The summed E-state index contributed by atoms with van der Waals surface area (Å²) in [7, 11) is 0. The van der Waals surface area contributed by atoms with Crippen molar-refractivity contribution >= 4 is 46.5 Å². The van der Waals surface area contributed by atoms with E-state index in [1.54, 1.807) is 11.8 Å². The highest BCUT2D eigenvalue weighted by atomic mass is 32.2. The Kier molecular flexibility index (Phi) is 7.14. The molecule has 1 N–H and O–H groups in total. The van der Waals surface area contributed by atoms with E-state index in [9.17, 15) is 4.79 Å². The van der Waals surface area contributed by atoms with Gasteiger partial charge in [-0.2, -0.15) is 0 Å². The van der Waals surface area contributed by atoms with Crippen LogP contribution in [0.1, 0.15) is 19.4 Å². The van der Waals surface area contributed by atoms with Gasteiger partial charge in [0.2, 0.25) is 5.91 Å². The molecular formula is C16H19N3OS3. The van der Waals surface area contributed by atoms with Gasteiger partial charge in [0.1, 0.15) is 0 Å². The van der Waals surface area contributed by atoms with Crippen molar-refractivity contribution in [2.75, 3.05) is 16.8 Å². The van der Waals surface area contributed by atoms with E-state index in [2.05, 4.69) is 29.0 Å². The molecule has 0 fully saturated rings. The van der Waals surface area contributed by atoms with Crippen LogP contribution in [0, 0.1) is 0 Å². The molecule has 0 spiro atoms. The zero-order valence-electron chi connectivity index (χ0n) is 13.2. The molecular weight excluding hydrogens is 346 g/mol. The highest BCUT2D eigenvalue weighted by Gasteiger charge is 2.09. The number of amides is 1. The third-order valence-electron chi connectivity index (χ3n) is 2.80. The molecule has 4 nitrogen and oxygen atoms in total. The van der Waals surface area contributed by atoms with Gasteiger partial charge in [0.15, 0.2) is 8.68 Å². The van der Waals surface area contributed by atoms with Crippen molar-refractivity contribution in [3.63, 3.8) is 0 Å². The molecule has 2 rings (SSSR count). The molecule has 0 bridgehead atoms. The largest absolute Gasteiger partial charge is 0.325 e. The Morgan fingerprint density at radius 1 is 1.17 bits per heavy atom. The molecule has 2 aromatic rings. The number of thioether (sulfide) groups is 2. The maximum atomic E-state index is 12.0. The van der Waals surface area contributed by atoms with E-state index in [1.807, 2.05) is 31.2 Å². The summed E-state index contributed by atoms with van der Waals surface area (Å²) in [5, 5.41) is 11.1. The number of nitrogens with zero attached hydrogens (tertiary/aromatic N) is 2. The van der Waals surface area contributed by atoms with E-state index in [4.69, 9.17) is 0 Å². The number of aryl methyl sites for hydroxylation is 1.